The summed E-state index contributed by atoms with van der Waals surface area (Å²) < 4.78 is 12.3. The van der Waals surface area contributed by atoms with Gasteiger partial charge in [-0.1, -0.05) is 58.4 Å². The third kappa shape index (κ3) is 5.42. The van der Waals surface area contributed by atoms with Crippen molar-refractivity contribution in [1.82, 2.24) is 4.90 Å². The second-order valence-corrected chi connectivity index (χ2v) is 12.5. The van der Waals surface area contributed by atoms with E-state index in [0.717, 1.165) is 23.6 Å². The number of benzene rings is 2. The van der Waals surface area contributed by atoms with E-state index in [1.54, 1.807) is 15.9 Å². The van der Waals surface area contributed by atoms with Gasteiger partial charge in [-0.25, -0.2) is 0 Å². The minimum absolute atomic E-state index is 0.0161. The molecular formula is C33H39BrN2O6. The maximum Gasteiger partial charge on any atom is 0.312 e. The molecule has 42 heavy (non-hydrogen) atoms. The van der Waals surface area contributed by atoms with Gasteiger partial charge in [0.25, 0.3) is 5.91 Å². The molecule has 9 heteroatoms. The topological polar surface area (TPSA) is 96.4 Å². The Labute approximate surface area is 255 Å². The standard InChI is InChI=1S/C33H39BrN2O6/c1-3-5-6-11-19-41-32(40)26-27-30(38)36(17-9-10-18-37)29(33(27)21-25(34)28(26)42-33)31(39)35(16-4-2)24-15-14-22-12-7-8-13-23(22)20-24/h3-4,7-8,12-15,20,25-29,37H,1-2,5-6,9-11,16-19,21H2/t25?,26-,27+,28-,29?,33?/m1/s1. The number of anilines is 1. The Balaban J connectivity index is 1.49. The van der Waals surface area contributed by atoms with Crippen molar-refractivity contribution in [1.29, 1.82) is 0 Å². The van der Waals surface area contributed by atoms with Gasteiger partial charge in [0.15, 0.2) is 0 Å². The number of halogens is 1. The Kier molecular flexibility index (Phi) is 9.50. The minimum atomic E-state index is -1.17. The predicted octanol–water partition coefficient (Wildman–Crippen LogP) is 4.78. The second-order valence-electron chi connectivity index (χ2n) is 11.3. The van der Waals surface area contributed by atoms with Crippen LogP contribution in [0.5, 0.6) is 0 Å². The summed E-state index contributed by atoms with van der Waals surface area (Å²) in [4.78, 5) is 45.3. The maximum atomic E-state index is 14.7. The number of aliphatic hydroxyl groups excluding tert-OH is 1. The molecule has 2 aromatic carbocycles. The number of amides is 2. The molecule has 1 spiro atoms. The van der Waals surface area contributed by atoms with Crippen LogP contribution < -0.4 is 4.90 Å². The number of esters is 1. The lowest BCUT2D eigenvalue weighted by molar-refractivity contribution is -0.155. The van der Waals surface area contributed by atoms with E-state index < -0.39 is 35.6 Å². The normalized spacial score (nSPS) is 27.7. The van der Waals surface area contributed by atoms with Gasteiger partial charge in [0.05, 0.1) is 24.5 Å². The first-order valence-corrected chi connectivity index (χ1v) is 15.7. The van der Waals surface area contributed by atoms with Crippen molar-refractivity contribution in [2.75, 3.05) is 31.2 Å². The van der Waals surface area contributed by atoms with Gasteiger partial charge in [-0.05, 0) is 61.4 Å². The summed E-state index contributed by atoms with van der Waals surface area (Å²) in [7, 11) is 0. The van der Waals surface area contributed by atoms with Gasteiger partial charge >= 0.3 is 5.97 Å². The molecule has 224 valence electrons. The van der Waals surface area contributed by atoms with E-state index in [0.29, 0.717) is 31.4 Å². The molecule has 3 fully saturated rings. The van der Waals surface area contributed by atoms with Crippen LogP contribution in [0.3, 0.4) is 0 Å². The lowest BCUT2D eigenvalue weighted by atomic mass is 9.70. The molecule has 6 atom stereocenters. The van der Waals surface area contributed by atoms with Crippen LogP contribution in [0.4, 0.5) is 5.69 Å². The molecule has 3 aliphatic heterocycles. The molecule has 2 amide bonds. The van der Waals surface area contributed by atoms with Crippen LogP contribution in [-0.2, 0) is 23.9 Å². The third-order valence-corrected chi connectivity index (χ3v) is 9.62. The van der Waals surface area contributed by atoms with Crippen molar-refractivity contribution < 1.29 is 29.0 Å². The number of unbranched alkanes of at least 4 members (excludes halogenated alkanes) is 3. The van der Waals surface area contributed by atoms with Crippen LogP contribution in [0.2, 0.25) is 0 Å². The van der Waals surface area contributed by atoms with Gasteiger partial charge < -0.3 is 24.4 Å². The van der Waals surface area contributed by atoms with Crippen LogP contribution in [0.1, 0.15) is 38.5 Å². The quantitative estimate of drug-likeness (QED) is 0.138. The Morgan fingerprint density at radius 3 is 2.64 bits per heavy atom. The summed E-state index contributed by atoms with van der Waals surface area (Å²) in [6, 6.07) is 12.8. The lowest BCUT2D eigenvalue weighted by Gasteiger charge is -2.37. The molecule has 2 aromatic rings. The van der Waals surface area contributed by atoms with E-state index in [4.69, 9.17) is 9.47 Å². The molecule has 3 heterocycles. The number of ether oxygens (including phenoxy) is 2. The summed E-state index contributed by atoms with van der Waals surface area (Å²) in [5.74, 6) is -2.62. The van der Waals surface area contributed by atoms with Crippen LogP contribution in [0.15, 0.2) is 67.8 Å². The van der Waals surface area contributed by atoms with Crippen LogP contribution in [-0.4, -0.2) is 76.7 Å². The largest absolute Gasteiger partial charge is 0.465 e. The first-order valence-electron chi connectivity index (χ1n) is 14.8. The number of allylic oxidation sites excluding steroid dienone is 1. The number of hydrogen-bond donors (Lipinski definition) is 1. The van der Waals surface area contributed by atoms with Crippen molar-refractivity contribution >= 4 is 50.2 Å². The highest BCUT2D eigenvalue weighted by molar-refractivity contribution is 9.09. The van der Waals surface area contributed by atoms with Crippen molar-refractivity contribution in [3.63, 3.8) is 0 Å². The highest BCUT2D eigenvalue weighted by atomic mass is 79.9. The number of rotatable bonds is 14. The summed E-state index contributed by atoms with van der Waals surface area (Å²) in [5.41, 5.74) is -0.478. The zero-order valence-corrected chi connectivity index (χ0v) is 25.4. The molecule has 0 aliphatic carbocycles. The summed E-state index contributed by atoms with van der Waals surface area (Å²) >= 11 is 3.71. The first-order chi connectivity index (χ1) is 20.4. The Morgan fingerprint density at radius 1 is 1.12 bits per heavy atom. The zero-order valence-electron chi connectivity index (χ0n) is 23.8. The number of carbonyl (C=O) groups is 3. The maximum absolute atomic E-state index is 14.7. The fraction of sp³-hybridized carbons (Fsp3) is 0.485. The van der Waals surface area contributed by atoms with E-state index in [1.807, 2.05) is 48.5 Å². The van der Waals surface area contributed by atoms with Gasteiger partial charge in [-0.15, -0.1) is 13.2 Å². The van der Waals surface area contributed by atoms with E-state index in [9.17, 15) is 19.5 Å². The zero-order chi connectivity index (χ0) is 29.9. The average Bonchev–Trinajstić information content (AvgIpc) is 3.58. The lowest BCUT2D eigenvalue weighted by Crippen LogP contribution is -2.57. The van der Waals surface area contributed by atoms with Gasteiger partial charge in [-0.2, -0.15) is 0 Å². The molecule has 2 bridgehead atoms. The smallest absolute Gasteiger partial charge is 0.312 e. The predicted molar refractivity (Wildman–Crippen MR) is 165 cm³/mol. The van der Waals surface area contributed by atoms with Gasteiger partial charge in [0.1, 0.15) is 11.6 Å². The number of nitrogens with zero attached hydrogens (tertiary/aromatic N) is 2. The molecular weight excluding hydrogens is 600 g/mol. The third-order valence-electron chi connectivity index (χ3n) is 8.77. The fourth-order valence-electron chi connectivity index (χ4n) is 6.92. The highest BCUT2D eigenvalue weighted by Gasteiger charge is 2.77. The summed E-state index contributed by atoms with van der Waals surface area (Å²) in [5, 5.41) is 11.5. The van der Waals surface area contributed by atoms with Gasteiger partial charge in [0, 0.05) is 30.2 Å². The molecule has 0 saturated carbocycles. The SMILES string of the molecule is C=CCCCCOC(=O)[C@H]1[C@@H]2OC3(CC2Br)C(C(=O)N(CC=C)c2ccc4ccccc4c2)N(CCCCO)C(=O)[C@H]13. The molecule has 5 rings (SSSR count). The summed E-state index contributed by atoms with van der Waals surface area (Å²) in [6.07, 6.45) is 6.76. The minimum Gasteiger partial charge on any atom is -0.465 e. The molecule has 0 aromatic heterocycles. The van der Waals surface area contributed by atoms with Crippen molar-refractivity contribution in [3.05, 3.63) is 67.8 Å². The van der Waals surface area contributed by atoms with Crippen molar-refractivity contribution in [2.45, 2.75) is 61.1 Å². The monoisotopic (exact) mass is 638 g/mol. The number of likely N-dealkylation sites (tertiary alicyclic amines) is 1. The van der Waals surface area contributed by atoms with Gasteiger partial charge in [-0.3, -0.25) is 14.4 Å². The Morgan fingerprint density at radius 2 is 1.90 bits per heavy atom. The number of alkyl halides is 1. The first kappa shape index (κ1) is 30.4. The second kappa shape index (κ2) is 13.1. The van der Waals surface area contributed by atoms with Crippen LogP contribution in [0, 0.1) is 11.8 Å². The van der Waals surface area contributed by atoms with E-state index in [-0.39, 0.29) is 42.9 Å². The number of hydrogen-bond acceptors (Lipinski definition) is 6. The number of fused-ring (bicyclic) bond motifs is 2. The fourth-order valence-corrected chi connectivity index (χ4v) is 7.86. The average molecular weight is 640 g/mol. The van der Waals surface area contributed by atoms with Gasteiger partial charge in [0.2, 0.25) is 5.91 Å². The molecule has 8 nitrogen and oxygen atoms in total. The van der Waals surface area contributed by atoms with E-state index in [1.165, 1.54) is 0 Å². The molecule has 0 radical (unpaired) electrons. The van der Waals surface area contributed by atoms with E-state index in [2.05, 4.69) is 29.1 Å². The number of aliphatic hydroxyl groups is 1. The van der Waals surface area contributed by atoms with E-state index >= 15 is 0 Å². The van der Waals surface area contributed by atoms with Crippen LogP contribution in [0.25, 0.3) is 10.8 Å². The Bertz CT molecular complexity index is 1350. The molecule has 3 aliphatic rings. The molecule has 1 N–H and O–H groups in total. The molecule has 3 unspecified atom stereocenters. The van der Waals surface area contributed by atoms with Crippen molar-refractivity contribution in [3.8, 4) is 0 Å². The summed E-state index contributed by atoms with van der Waals surface area (Å²) in [6.45, 7) is 8.37. The van der Waals surface area contributed by atoms with Crippen LogP contribution >= 0.6 is 15.9 Å². The highest BCUT2D eigenvalue weighted by Crippen LogP contribution is 2.60. The molecule has 3 saturated heterocycles. The number of carbonyl (C=O) groups excluding carboxylic acids is 3. The van der Waals surface area contributed by atoms with Crippen molar-refractivity contribution in [2.24, 2.45) is 11.8 Å². The Hall–Kier alpha value is -3.01.